The van der Waals surface area contributed by atoms with Crippen LogP contribution < -0.4 is 15.8 Å². The van der Waals surface area contributed by atoms with Crippen LogP contribution in [0, 0.1) is 11.8 Å². The van der Waals surface area contributed by atoms with Crippen molar-refractivity contribution in [2.75, 3.05) is 13.1 Å². The van der Waals surface area contributed by atoms with Gasteiger partial charge in [-0.15, -0.1) is 0 Å². The van der Waals surface area contributed by atoms with Crippen LogP contribution >= 0.6 is 0 Å². The highest BCUT2D eigenvalue weighted by molar-refractivity contribution is 5.77. The molecule has 0 aliphatic carbocycles. The lowest BCUT2D eigenvalue weighted by Gasteiger charge is -2.08. The number of ether oxygens (including phenoxy) is 1. The zero-order chi connectivity index (χ0) is 13.4. The van der Waals surface area contributed by atoms with E-state index in [2.05, 4.69) is 17.2 Å². The SMILES string of the molecule is CC(C)Oc1ccc(C#CCNC(=O)CN)cc1. The number of hydrogen-bond donors (Lipinski definition) is 2. The normalized spacial score (nSPS) is 9.56. The molecular formula is C14H18N2O2. The Morgan fingerprint density at radius 3 is 2.61 bits per heavy atom. The third-order valence-corrected chi connectivity index (χ3v) is 2.02. The Bertz CT molecular complexity index is 441. The van der Waals surface area contributed by atoms with Crippen molar-refractivity contribution in [3.8, 4) is 17.6 Å². The summed E-state index contributed by atoms with van der Waals surface area (Å²) in [6.45, 7) is 4.25. The summed E-state index contributed by atoms with van der Waals surface area (Å²) in [4.78, 5) is 10.9. The number of carbonyl (C=O) groups excluding carboxylic acids is 1. The first kappa shape index (κ1) is 14.1. The fourth-order valence-electron chi connectivity index (χ4n) is 1.25. The van der Waals surface area contributed by atoms with Crippen LogP contribution in [0.5, 0.6) is 5.75 Å². The van der Waals surface area contributed by atoms with Gasteiger partial charge in [0.05, 0.1) is 19.2 Å². The maximum absolute atomic E-state index is 10.9. The topological polar surface area (TPSA) is 64.3 Å². The molecule has 0 fully saturated rings. The summed E-state index contributed by atoms with van der Waals surface area (Å²) in [5.41, 5.74) is 6.03. The van der Waals surface area contributed by atoms with Crippen molar-refractivity contribution >= 4 is 5.91 Å². The lowest BCUT2D eigenvalue weighted by atomic mass is 10.2. The lowest BCUT2D eigenvalue weighted by molar-refractivity contribution is -0.119. The second kappa shape index (κ2) is 7.36. The van der Waals surface area contributed by atoms with Crippen molar-refractivity contribution in [3.63, 3.8) is 0 Å². The van der Waals surface area contributed by atoms with Crippen LogP contribution in [0.2, 0.25) is 0 Å². The summed E-state index contributed by atoms with van der Waals surface area (Å²) >= 11 is 0. The Labute approximate surface area is 108 Å². The predicted octanol–water partition coefficient (Wildman–Crippen LogP) is 0.900. The molecule has 4 heteroatoms. The molecule has 0 saturated carbocycles. The third kappa shape index (κ3) is 5.37. The number of hydrogen-bond acceptors (Lipinski definition) is 3. The van der Waals surface area contributed by atoms with Crippen LogP contribution in [0.1, 0.15) is 19.4 Å². The molecule has 0 atom stereocenters. The predicted molar refractivity (Wildman–Crippen MR) is 71.1 cm³/mol. The second-order valence-electron chi connectivity index (χ2n) is 3.97. The Morgan fingerprint density at radius 2 is 2.06 bits per heavy atom. The van der Waals surface area contributed by atoms with Crippen LogP contribution in [-0.2, 0) is 4.79 Å². The van der Waals surface area contributed by atoms with Crippen LogP contribution in [0.15, 0.2) is 24.3 Å². The van der Waals surface area contributed by atoms with E-state index < -0.39 is 0 Å². The first-order valence-electron chi connectivity index (χ1n) is 5.84. The van der Waals surface area contributed by atoms with Crippen LogP contribution in [0.4, 0.5) is 0 Å². The smallest absolute Gasteiger partial charge is 0.234 e. The molecule has 0 aliphatic rings. The number of benzene rings is 1. The molecule has 1 aromatic rings. The van der Waals surface area contributed by atoms with Gasteiger partial charge in [-0.3, -0.25) is 4.79 Å². The molecular weight excluding hydrogens is 228 g/mol. The summed E-state index contributed by atoms with van der Waals surface area (Å²) in [5, 5.41) is 2.58. The van der Waals surface area contributed by atoms with E-state index in [1.165, 1.54) is 0 Å². The zero-order valence-electron chi connectivity index (χ0n) is 10.7. The van der Waals surface area contributed by atoms with Gasteiger partial charge in [0.1, 0.15) is 5.75 Å². The molecule has 96 valence electrons. The Balaban J connectivity index is 2.48. The molecule has 3 N–H and O–H groups in total. The first-order chi connectivity index (χ1) is 8.61. The standard InChI is InChI=1S/C14H18N2O2/c1-11(2)18-13-7-5-12(6-8-13)4-3-9-16-14(17)10-15/h5-8,11H,9-10,15H2,1-2H3,(H,16,17). The quantitative estimate of drug-likeness (QED) is 0.776. The van der Waals surface area contributed by atoms with Crippen molar-refractivity contribution in [1.29, 1.82) is 0 Å². The molecule has 0 radical (unpaired) electrons. The van der Waals surface area contributed by atoms with Gasteiger partial charge in [-0.1, -0.05) is 11.8 Å². The molecule has 4 nitrogen and oxygen atoms in total. The number of nitrogens with one attached hydrogen (secondary N) is 1. The fraction of sp³-hybridized carbons (Fsp3) is 0.357. The summed E-state index contributed by atoms with van der Waals surface area (Å²) in [5.74, 6) is 6.41. The highest BCUT2D eigenvalue weighted by atomic mass is 16.5. The van der Waals surface area contributed by atoms with E-state index in [0.717, 1.165) is 11.3 Å². The fourth-order valence-corrected chi connectivity index (χ4v) is 1.25. The largest absolute Gasteiger partial charge is 0.491 e. The van der Waals surface area contributed by atoms with Gasteiger partial charge in [-0.2, -0.15) is 0 Å². The van der Waals surface area contributed by atoms with E-state index in [1.807, 2.05) is 38.1 Å². The van der Waals surface area contributed by atoms with Crippen LogP contribution in [-0.4, -0.2) is 25.1 Å². The van der Waals surface area contributed by atoms with Crippen molar-refractivity contribution in [2.24, 2.45) is 5.73 Å². The molecule has 1 aromatic carbocycles. The van der Waals surface area contributed by atoms with E-state index in [-0.39, 0.29) is 18.6 Å². The molecule has 0 aliphatic heterocycles. The van der Waals surface area contributed by atoms with Crippen molar-refractivity contribution < 1.29 is 9.53 Å². The van der Waals surface area contributed by atoms with Gasteiger partial charge in [0.25, 0.3) is 0 Å². The highest BCUT2D eigenvalue weighted by Crippen LogP contribution is 2.12. The van der Waals surface area contributed by atoms with E-state index in [0.29, 0.717) is 6.54 Å². The number of rotatable bonds is 4. The molecule has 18 heavy (non-hydrogen) atoms. The number of amides is 1. The minimum atomic E-state index is -0.204. The zero-order valence-corrected chi connectivity index (χ0v) is 10.7. The molecule has 0 bridgehead atoms. The van der Waals surface area contributed by atoms with Gasteiger partial charge in [0.2, 0.25) is 5.91 Å². The van der Waals surface area contributed by atoms with Crippen molar-refractivity contribution in [2.45, 2.75) is 20.0 Å². The minimum Gasteiger partial charge on any atom is -0.491 e. The molecule has 0 aromatic heterocycles. The monoisotopic (exact) mass is 246 g/mol. The van der Waals surface area contributed by atoms with Crippen LogP contribution in [0.3, 0.4) is 0 Å². The van der Waals surface area contributed by atoms with Crippen molar-refractivity contribution in [1.82, 2.24) is 5.32 Å². The molecule has 1 rings (SSSR count). The summed E-state index contributed by atoms with van der Waals surface area (Å²) in [6, 6.07) is 7.52. The van der Waals surface area contributed by atoms with E-state index in [1.54, 1.807) is 0 Å². The molecule has 0 spiro atoms. The van der Waals surface area contributed by atoms with Gasteiger partial charge in [-0.25, -0.2) is 0 Å². The molecule has 0 unspecified atom stereocenters. The molecule has 1 amide bonds. The minimum absolute atomic E-state index is 0.0110. The maximum Gasteiger partial charge on any atom is 0.234 e. The van der Waals surface area contributed by atoms with E-state index in [4.69, 9.17) is 10.5 Å². The average molecular weight is 246 g/mol. The molecule has 0 heterocycles. The summed E-state index contributed by atoms with van der Waals surface area (Å²) in [6.07, 6.45) is 0.161. The maximum atomic E-state index is 10.9. The number of nitrogens with two attached hydrogens (primary N) is 1. The Kier molecular flexibility index (Phi) is 5.75. The summed E-state index contributed by atoms with van der Waals surface area (Å²) in [7, 11) is 0. The lowest BCUT2D eigenvalue weighted by Crippen LogP contribution is -2.30. The van der Waals surface area contributed by atoms with Crippen molar-refractivity contribution in [3.05, 3.63) is 29.8 Å². The van der Waals surface area contributed by atoms with Crippen LogP contribution in [0.25, 0.3) is 0 Å². The van der Waals surface area contributed by atoms with Gasteiger partial charge >= 0.3 is 0 Å². The number of carbonyl (C=O) groups is 1. The van der Waals surface area contributed by atoms with Gasteiger partial charge < -0.3 is 15.8 Å². The average Bonchev–Trinajstić information content (AvgIpc) is 2.35. The van der Waals surface area contributed by atoms with Gasteiger partial charge in [0, 0.05) is 5.56 Å². The summed E-state index contributed by atoms with van der Waals surface area (Å²) < 4.78 is 5.52. The van der Waals surface area contributed by atoms with E-state index >= 15 is 0 Å². The third-order valence-electron chi connectivity index (χ3n) is 2.02. The molecule has 0 saturated heterocycles. The Morgan fingerprint density at radius 1 is 1.39 bits per heavy atom. The first-order valence-corrected chi connectivity index (χ1v) is 5.84. The van der Waals surface area contributed by atoms with Gasteiger partial charge in [-0.05, 0) is 38.1 Å². The van der Waals surface area contributed by atoms with Gasteiger partial charge in [0.15, 0.2) is 0 Å². The van der Waals surface area contributed by atoms with E-state index in [9.17, 15) is 4.79 Å². The highest BCUT2D eigenvalue weighted by Gasteiger charge is 1.96. The second-order valence-corrected chi connectivity index (χ2v) is 3.97. The Hall–Kier alpha value is -1.99.